The fourth-order valence-electron chi connectivity index (χ4n) is 3.28. The van der Waals surface area contributed by atoms with Crippen LogP contribution in [0.5, 0.6) is 0 Å². The third-order valence-corrected chi connectivity index (χ3v) is 4.97. The van der Waals surface area contributed by atoms with Gasteiger partial charge in [0.05, 0.1) is 22.1 Å². The van der Waals surface area contributed by atoms with Gasteiger partial charge in [0.25, 0.3) is 5.56 Å². The Bertz CT molecular complexity index is 1190. The van der Waals surface area contributed by atoms with Gasteiger partial charge in [-0.2, -0.15) is 0 Å². The number of carbonyl (C=O) groups excluding carboxylic acids is 1. The van der Waals surface area contributed by atoms with E-state index in [2.05, 4.69) is 10.3 Å². The van der Waals surface area contributed by atoms with E-state index in [1.807, 2.05) is 42.5 Å². The van der Waals surface area contributed by atoms with Crippen molar-refractivity contribution in [2.45, 2.75) is 25.9 Å². The van der Waals surface area contributed by atoms with Crippen molar-refractivity contribution in [3.8, 4) is 5.69 Å². The van der Waals surface area contributed by atoms with E-state index in [0.717, 1.165) is 6.21 Å². The number of nitrogens with zero attached hydrogens (tertiary/aromatic N) is 2. The van der Waals surface area contributed by atoms with Gasteiger partial charge < -0.3 is 16.5 Å². The van der Waals surface area contributed by atoms with E-state index in [4.69, 9.17) is 22.7 Å². The van der Waals surface area contributed by atoms with Gasteiger partial charge in [0.1, 0.15) is 11.9 Å². The Morgan fingerprint density at radius 1 is 1.23 bits per heavy atom. The quantitative estimate of drug-likeness (QED) is 0.417. The number of aliphatic imine (C=N–C) groups is 1. The molecule has 0 saturated carbocycles. The Morgan fingerprint density at radius 3 is 2.57 bits per heavy atom. The molecule has 154 valence electrons. The first-order valence-corrected chi connectivity index (χ1v) is 9.71. The number of hydrogen-bond donors (Lipinski definition) is 3. The minimum atomic E-state index is -0.822. The van der Waals surface area contributed by atoms with Crippen molar-refractivity contribution in [1.29, 1.82) is 5.41 Å². The third-order valence-electron chi connectivity index (χ3n) is 4.65. The highest BCUT2D eigenvalue weighted by molar-refractivity contribution is 6.35. The average molecular weight is 424 g/mol. The highest BCUT2D eigenvalue weighted by atomic mass is 35.5. The van der Waals surface area contributed by atoms with E-state index in [9.17, 15) is 9.59 Å². The average Bonchev–Trinajstić information content (AvgIpc) is 2.72. The molecule has 3 rings (SSSR count). The summed E-state index contributed by atoms with van der Waals surface area (Å²) < 4.78 is 1.56. The summed E-state index contributed by atoms with van der Waals surface area (Å²) in [6, 6.07) is 15.0. The van der Waals surface area contributed by atoms with Crippen molar-refractivity contribution >= 4 is 40.3 Å². The lowest BCUT2D eigenvalue weighted by atomic mass is 10.1. The standard InChI is InChI=1S/C22H22ClN5O2/c1-13(26-21(25)18(12-24)27-14(2)29)19-11-15-7-6-10-17(23)20(15)22(30)28(19)16-8-4-3-5-9-16/h3-13,18,24H,1-2H3,(H2,25,26)(H,27,29). The summed E-state index contributed by atoms with van der Waals surface area (Å²) in [5.41, 5.74) is 7.07. The summed E-state index contributed by atoms with van der Waals surface area (Å²) in [5, 5.41) is 11.6. The maximum absolute atomic E-state index is 13.4. The zero-order chi connectivity index (χ0) is 21.8. The van der Waals surface area contributed by atoms with Gasteiger partial charge in [-0.25, -0.2) is 0 Å². The van der Waals surface area contributed by atoms with E-state index >= 15 is 0 Å². The molecule has 0 fully saturated rings. The number of fused-ring (bicyclic) bond motifs is 1. The van der Waals surface area contributed by atoms with Crippen molar-refractivity contribution in [2.75, 3.05) is 0 Å². The smallest absolute Gasteiger partial charge is 0.264 e. The Labute approximate surface area is 178 Å². The minimum Gasteiger partial charge on any atom is -0.385 e. The molecule has 0 spiro atoms. The summed E-state index contributed by atoms with van der Waals surface area (Å²) >= 11 is 6.32. The summed E-state index contributed by atoms with van der Waals surface area (Å²) in [6.07, 6.45) is 1.01. The predicted molar refractivity (Wildman–Crippen MR) is 121 cm³/mol. The van der Waals surface area contributed by atoms with E-state index in [1.165, 1.54) is 6.92 Å². The van der Waals surface area contributed by atoms with Crippen molar-refractivity contribution in [2.24, 2.45) is 10.7 Å². The summed E-state index contributed by atoms with van der Waals surface area (Å²) in [6.45, 7) is 3.14. The molecule has 2 aromatic carbocycles. The number of carbonyl (C=O) groups is 1. The van der Waals surface area contributed by atoms with Crippen LogP contribution in [-0.2, 0) is 4.79 Å². The van der Waals surface area contributed by atoms with Crippen molar-refractivity contribution in [1.82, 2.24) is 9.88 Å². The minimum absolute atomic E-state index is 0.0750. The number of hydrogen-bond acceptors (Lipinski definition) is 4. The van der Waals surface area contributed by atoms with Crippen LogP contribution in [0.15, 0.2) is 64.4 Å². The van der Waals surface area contributed by atoms with Crippen LogP contribution in [0.25, 0.3) is 16.5 Å². The molecule has 0 aliphatic rings. The number of nitrogens with two attached hydrogens (primary N) is 1. The highest BCUT2D eigenvalue weighted by Gasteiger charge is 2.19. The molecule has 30 heavy (non-hydrogen) atoms. The highest BCUT2D eigenvalue weighted by Crippen LogP contribution is 2.26. The molecular formula is C22H22ClN5O2. The number of benzene rings is 2. The Balaban J connectivity index is 2.22. The van der Waals surface area contributed by atoms with Gasteiger partial charge in [-0.05, 0) is 36.6 Å². The first kappa shape index (κ1) is 21.3. The second-order valence-corrected chi connectivity index (χ2v) is 7.23. The van der Waals surface area contributed by atoms with Gasteiger partial charge in [-0.15, -0.1) is 0 Å². The van der Waals surface area contributed by atoms with E-state index in [-0.39, 0.29) is 17.3 Å². The van der Waals surface area contributed by atoms with Gasteiger partial charge in [0.15, 0.2) is 0 Å². The number of pyridine rings is 1. The van der Waals surface area contributed by atoms with Crippen LogP contribution in [0.4, 0.5) is 0 Å². The number of para-hydroxylation sites is 1. The van der Waals surface area contributed by atoms with E-state index in [0.29, 0.717) is 27.2 Å². The zero-order valence-corrected chi connectivity index (χ0v) is 17.4. The van der Waals surface area contributed by atoms with Crippen LogP contribution in [0.1, 0.15) is 25.6 Å². The number of halogens is 1. The Kier molecular flexibility index (Phi) is 6.32. The fraction of sp³-hybridized carbons (Fsp3) is 0.182. The Hall–Kier alpha value is -3.45. The molecule has 2 unspecified atom stereocenters. The fourth-order valence-corrected chi connectivity index (χ4v) is 3.54. The number of nitrogens with one attached hydrogen (secondary N) is 2. The number of amidine groups is 1. The zero-order valence-electron chi connectivity index (χ0n) is 16.6. The van der Waals surface area contributed by atoms with Gasteiger partial charge in [-0.1, -0.05) is 41.9 Å². The lowest BCUT2D eigenvalue weighted by Gasteiger charge is -2.20. The summed E-state index contributed by atoms with van der Waals surface area (Å²) in [4.78, 5) is 29.2. The van der Waals surface area contributed by atoms with Gasteiger partial charge in [0.2, 0.25) is 5.91 Å². The molecule has 0 aliphatic heterocycles. The molecule has 1 amide bonds. The molecule has 1 aromatic heterocycles. The lowest BCUT2D eigenvalue weighted by Crippen LogP contribution is -2.45. The first-order chi connectivity index (χ1) is 14.3. The lowest BCUT2D eigenvalue weighted by molar-refractivity contribution is -0.118. The van der Waals surface area contributed by atoms with Crippen LogP contribution in [0, 0.1) is 5.41 Å². The third kappa shape index (κ3) is 4.26. The van der Waals surface area contributed by atoms with E-state index in [1.54, 1.807) is 23.6 Å². The largest absolute Gasteiger partial charge is 0.385 e. The molecule has 1 heterocycles. The topological polar surface area (TPSA) is 113 Å². The second-order valence-electron chi connectivity index (χ2n) is 6.82. The molecule has 0 saturated heterocycles. The molecule has 3 aromatic rings. The second kappa shape index (κ2) is 8.92. The normalized spacial score (nSPS) is 13.6. The Morgan fingerprint density at radius 2 is 1.93 bits per heavy atom. The maximum atomic E-state index is 13.4. The van der Waals surface area contributed by atoms with Crippen LogP contribution >= 0.6 is 11.6 Å². The summed E-state index contributed by atoms with van der Waals surface area (Å²) in [7, 11) is 0. The van der Waals surface area contributed by atoms with Crippen LogP contribution in [-0.4, -0.2) is 28.6 Å². The van der Waals surface area contributed by atoms with Crippen molar-refractivity contribution in [3.05, 3.63) is 75.7 Å². The summed E-state index contributed by atoms with van der Waals surface area (Å²) in [5.74, 6) is -0.248. The van der Waals surface area contributed by atoms with Crippen LogP contribution in [0.3, 0.4) is 0 Å². The molecule has 2 atom stereocenters. The monoisotopic (exact) mass is 423 g/mol. The molecule has 0 bridgehead atoms. The first-order valence-electron chi connectivity index (χ1n) is 9.34. The SMILES string of the molecule is CC(=O)NC(C=N)C(N)=NC(C)c1cc2cccc(Cl)c2c(=O)n1-c1ccccc1. The van der Waals surface area contributed by atoms with Crippen LogP contribution < -0.4 is 16.6 Å². The molecular weight excluding hydrogens is 402 g/mol. The van der Waals surface area contributed by atoms with Gasteiger partial charge in [0, 0.05) is 18.8 Å². The number of amides is 1. The molecule has 8 heteroatoms. The molecule has 4 N–H and O–H groups in total. The van der Waals surface area contributed by atoms with Gasteiger partial charge in [-0.3, -0.25) is 19.1 Å². The predicted octanol–water partition coefficient (Wildman–Crippen LogP) is 3.22. The molecule has 7 nitrogen and oxygen atoms in total. The molecule has 0 radical (unpaired) electrons. The van der Waals surface area contributed by atoms with Crippen molar-refractivity contribution in [3.63, 3.8) is 0 Å². The van der Waals surface area contributed by atoms with E-state index < -0.39 is 12.1 Å². The van der Waals surface area contributed by atoms with Crippen molar-refractivity contribution < 1.29 is 4.79 Å². The molecule has 0 aliphatic carbocycles. The number of aromatic nitrogens is 1. The maximum Gasteiger partial charge on any atom is 0.264 e. The number of rotatable bonds is 6. The van der Waals surface area contributed by atoms with Crippen LogP contribution in [0.2, 0.25) is 5.02 Å². The van der Waals surface area contributed by atoms with Gasteiger partial charge >= 0.3 is 0 Å².